The quantitative estimate of drug-likeness (QED) is 0.335. The third-order valence-electron chi connectivity index (χ3n) is 6.51. The number of hydrogen-bond donors (Lipinski definition) is 2. The zero-order chi connectivity index (χ0) is 31.1. The Balaban J connectivity index is 1.63. The van der Waals surface area contributed by atoms with E-state index in [9.17, 15) is 14.0 Å². The van der Waals surface area contributed by atoms with Crippen LogP contribution in [0, 0.1) is 18.7 Å². The van der Waals surface area contributed by atoms with Crippen LogP contribution in [0.15, 0.2) is 36.4 Å². The van der Waals surface area contributed by atoms with Crippen LogP contribution in [0.5, 0.6) is 0 Å². The largest absolute Gasteiger partial charge is 0.444 e. The van der Waals surface area contributed by atoms with E-state index in [1.165, 1.54) is 6.07 Å². The standard InChI is InChI=1S/C32H47FN4O5/c1-21-14-26(35-28(15-21)36-29(38)41-31(3,4)5)18-24-19-37(30(39)42-32(6,7)8)20-27(24)40-13-12-34-22(2)16-23-10-9-11-25(33)17-23/h9-11,14-15,17,22,24,27,34H,12-13,16,18-20H2,1-8H3,(H,35,36,38)/t22?,24-,27+/m1/s1. The van der Waals surface area contributed by atoms with Crippen molar-refractivity contribution in [3.8, 4) is 0 Å². The molecule has 1 aromatic heterocycles. The average molecular weight is 587 g/mol. The lowest BCUT2D eigenvalue weighted by molar-refractivity contribution is 0.0184. The molecule has 2 heterocycles. The zero-order valence-electron chi connectivity index (χ0n) is 26.3. The van der Waals surface area contributed by atoms with Crippen LogP contribution in [-0.4, -0.2) is 71.7 Å². The van der Waals surface area contributed by atoms with Crippen molar-refractivity contribution in [2.75, 3.05) is 31.6 Å². The van der Waals surface area contributed by atoms with Crippen LogP contribution >= 0.6 is 0 Å². The van der Waals surface area contributed by atoms with Gasteiger partial charge in [-0.1, -0.05) is 12.1 Å². The monoisotopic (exact) mass is 586 g/mol. The Bertz CT molecular complexity index is 1210. The number of pyridine rings is 1. The lowest BCUT2D eigenvalue weighted by Gasteiger charge is -2.24. The van der Waals surface area contributed by atoms with Crippen molar-refractivity contribution >= 4 is 18.0 Å². The lowest BCUT2D eigenvalue weighted by Crippen LogP contribution is -2.36. The van der Waals surface area contributed by atoms with Gasteiger partial charge in [0.2, 0.25) is 0 Å². The first-order valence-electron chi connectivity index (χ1n) is 14.6. The maximum atomic E-state index is 13.5. The number of aryl methyl sites for hydroxylation is 1. The summed E-state index contributed by atoms with van der Waals surface area (Å²) in [6, 6.07) is 10.5. The Morgan fingerprint density at radius 3 is 2.45 bits per heavy atom. The topological polar surface area (TPSA) is 102 Å². The van der Waals surface area contributed by atoms with E-state index in [1.807, 2.05) is 39.8 Å². The molecule has 232 valence electrons. The van der Waals surface area contributed by atoms with Gasteiger partial charge in [-0.05, 0) is 104 Å². The number of amides is 2. The van der Waals surface area contributed by atoms with Crippen LogP contribution in [0.3, 0.4) is 0 Å². The summed E-state index contributed by atoms with van der Waals surface area (Å²) in [5.41, 5.74) is 1.44. The Labute approximate surface area is 249 Å². The van der Waals surface area contributed by atoms with E-state index >= 15 is 0 Å². The molecule has 2 N–H and O–H groups in total. The van der Waals surface area contributed by atoms with Crippen molar-refractivity contribution in [1.29, 1.82) is 0 Å². The summed E-state index contributed by atoms with van der Waals surface area (Å²) in [6.45, 7) is 16.9. The molecule has 2 amide bonds. The summed E-state index contributed by atoms with van der Waals surface area (Å²) in [7, 11) is 0. The number of likely N-dealkylation sites (tertiary alicyclic amines) is 1. The van der Waals surface area contributed by atoms with Gasteiger partial charge in [-0.15, -0.1) is 0 Å². The van der Waals surface area contributed by atoms with Crippen molar-refractivity contribution in [3.63, 3.8) is 0 Å². The van der Waals surface area contributed by atoms with E-state index in [-0.39, 0.29) is 30.0 Å². The SMILES string of the molecule is Cc1cc(C[C@@H]2CN(C(=O)OC(C)(C)C)C[C@@H]2OCCNC(C)Cc2cccc(F)c2)nc(NC(=O)OC(C)(C)C)c1. The third kappa shape index (κ3) is 11.6. The first kappa shape index (κ1) is 33.3. The highest BCUT2D eigenvalue weighted by Gasteiger charge is 2.38. The van der Waals surface area contributed by atoms with E-state index in [4.69, 9.17) is 14.2 Å². The van der Waals surface area contributed by atoms with Gasteiger partial charge in [0.1, 0.15) is 22.8 Å². The predicted molar refractivity (Wildman–Crippen MR) is 161 cm³/mol. The molecule has 1 aromatic carbocycles. The molecule has 3 rings (SSSR count). The van der Waals surface area contributed by atoms with Gasteiger partial charge in [-0.2, -0.15) is 0 Å². The molecule has 0 radical (unpaired) electrons. The van der Waals surface area contributed by atoms with Crippen LogP contribution in [0.1, 0.15) is 65.3 Å². The molecule has 1 saturated heterocycles. The predicted octanol–water partition coefficient (Wildman–Crippen LogP) is 5.89. The van der Waals surface area contributed by atoms with Crippen molar-refractivity contribution in [1.82, 2.24) is 15.2 Å². The molecule has 2 aromatic rings. The molecule has 10 heteroatoms. The van der Waals surface area contributed by atoms with E-state index < -0.39 is 17.3 Å². The molecule has 0 spiro atoms. The molecule has 1 unspecified atom stereocenters. The second-order valence-electron chi connectivity index (χ2n) is 13.1. The molecule has 0 aliphatic carbocycles. The minimum Gasteiger partial charge on any atom is -0.444 e. The summed E-state index contributed by atoms with van der Waals surface area (Å²) in [5, 5.41) is 6.16. The number of aromatic nitrogens is 1. The molecule has 1 aliphatic heterocycles. The molecular formula is C32H47FN4O5. The van der Waals surface area contributed by atoms with Crippen LogP contribution in [0.4, 0.5) is 19.8 Å². The minimum absolute atomic E-state index is 0.0223. The summed E-state index contributed by atoms with van der Waals surface area (Å²) in [5.74, 6) is 0.154. The van der Waals surface area contributed by atoms with E-state index in [0.29, 0.717) is 44.9 Å². The Morgan fingerprint density at radius 1 is 1.07 bits per heavy atom. The second-order valence-corrected chi connectivity index (χ2v) is 13.1. The highest BCUT2D eigenvalue weighted by molar-refractivity contribution is 5.83. The number of ether oxygens (including phenoxy) is 3. The average Bonchev–Trinajstić information content (AvgIpc) is 3.22. The van der Waals surface area contributed by atoms with E-state index in [0.717, 1.165) is 16.8 Å². The maximum absolute atomic E-state index is 13.5. The number of rotatable bonds is 10. The number of carbonyl (C=O) groups is 2. The van der Waals surface area contributed by atoms with E-state index in [2.05, 4.69) is 22.5 Å². The van der Waals surface area contributed by atoms with E-state index in [1.54, 1.807) is 43.9 Å². The molecule has 0 saturated carbocycles. The number of benzene rings is 1. The fraction of sp³-hybridized carbons (Fsp3) is 0.594. The van der Waals surface area contributed by atoms with Gasteiger partial charge < -0.3 is 24.4 Å². The Morgan fingerprint density at radius 2 is 1.79 bits per heavy atom. The first-order chi connectivity index (χ1) is 19.6. The number of nitrogens with zero attached hydrogens (tertiary/aromatic N) is 2. The molecule has 0 bridgehead atoms. The van der Waals surface area contributed by atoms with Gasteiger partial charge >= 0.3 is 12.2 Å². The molecule has 1 aliphatic rings. The van der Waals surface area contributed by atoms with Crippen molar-refractivity contribution < 1.29 is 28.2 Å². The molecule has 1 fully saturated rings. The van der Waals surface area contributed by atoms with Crippen LogP contribution < -0.4 is 10.6 Å². The zero-order valence-corrected chi connectivity index (χ0v) is 26.3. The summed E-state index contributed by atoms with van der Waals surface area (Å²) in [6.07, 6.45) is 0.101. The Kier molecular flexibility index (Phi) is 11.3. The number of carbonyl (C=O) groups excluding carboxylic acids is 2. The number of nitrogens with one attached hydrogen (secondary N) is 2. The van der Waals surface area contributed by atoms with Crippen LogP contribution in [-0.2, 0) is 27.1 Å². The van der Waals surface area contributed by atoms with Crippen molar-refractivity contribution in [3.05, 3.63) is 59.0 Å². The summed E-state index contributed by atoms with van der Waals surface area (Å²) >= 11 is 0. The smallest absolute Gasteiger partial charge is 0.413 e. The Hall–Kier alpha value is -3.24. The van der Waals surface area contributed by atoms with Crippen molar-refractivity contribution in [2.45, 2.75) is 91.6 Å². The van der Waals surface area contributed by atoms with Gasteiger partial charge in [0.15, 0.2) is 0 Å². The molecular weight excluding hydrogens is 539 g/mol. The van der Waals surface area contributed by atoms with Gasteiger partial charge in [0, 0.05) is 30.7 Å². The summed E-state index contributed by atoms with van der Waals surface area (Å²) in [4.78, 5) is 31.6. The number of hydrogen-bond acceptors (Lipinski definition) is 7. The highest BCUT2D eigenvalue weighted by atomic mass is 19.1. The van der Waals surface area contributed by atoms with Crippen molar-refractivity contribution in [2.24, 2.45) is 5.92 Å². The fourth-order valence-electron chi connectivity index (χ4n) is 4.89. The normalized spacial score (nSPS) is 18.1. The maximum Gasteiger partial charge on any atom is 0.413 e. The van der Waals surface area contributed by atoms with Gasteiger partial charge in [-0.25, -0.2) is 19.0 Å². The second kappa shape index (κ2) is 14.3. The molecule has 42 heavy (non-hydrogen) atoms. The fourth-order valence-corrected chi connectivity index (χ4v) is 4.89. The first-order valence-corrected chi connectivity index (χ1v) is 14.6. The number of anilines is 1. The van der Waals surface area contributed by atoms with Gasteiger partial charge in [-0.3, -0.25) is 5.32 Å². The third-order valence-corrected chi connectivity index (χ3v) is 6.51. The van der Waals surface area contributed by atoms with Gasteiger partial charge in [0.05, 0.1) is 19.3 Å². The lowest BCUT2D eigenvalue weighted by atomic mass is 9.99. The number of halogens is 1. The highest BCUT2D eigenvalue weighted by Crippen LogP contribution is 2.26. The van der Waals surface area contributed by atoms with Gasteiger partial charge in [0.25, 0.3) is 0 Å². The van der Waals surface area contributed by atoms with Crippen LogP contribution in [0.25, 0.3) is 0 Å². The molecule has 3 atom stereocenters. The molecule has 9 nitrogen and oxygen atoms in total. The van der Waals surface area contributed by atoms with Crippen LogP contribution in [0.2, 0.25) is 0 Å². The summed E-state index contributed by atoms with van der Waals surface area (Å²) < 4.78 is 30.8. The minimum atomic E-state index is -0.623.